The fourth-order valence-electron chi connectivity index (χ4n) is 3.53. The number of ether oxygens (including phenoxy) is 1. The van der Waals surface area contributed by atoms with Gasteiger partial charge in [0.05, 0.1) is 36.2 Å². The molecule has 0 spiro atoms. The molecule has 7 heteroatoms. The summed E-state index contributed by atoms with van der Waals surface area (Å²) in [6.07, 6.45) is 3.19. The third-order valence-electron chi connectivity index (χ3n) is 5.12. The van der Waals surface area contributed by atoms with Gasteiger partial charge in [-0.15, -0.1) is 0 Å². The molecule has 4 nitrogen and oxygen atoms in total. The van der Waals surface area contributed by atoms with Gasteiger partial charge in [0, 0.05) is 12.7 Å². The molecule has 0 amide bonds. The van der Waals surface area contributed by atoms with Crippen LogP contribution in [0.25, 0.3) is 5.70 Å². The lowest BCUT2D eigenvalue weighted by atomic mass is 9.96. The fraction of sp³-hybridized carbons (Fsp3) is 0.292. The van der Waals surface area contributed by atoms with Crippen molar-refractivity contribution in [1.82, 2.24) is 10.2 Å². The molecule has 0 fully saturated rings. The van der Waals surface area contributed by atoms with E-state index in [0.717, 1.165) is 40.1 Å². The quantitative estimate of drug-likeness (QED) is 0.596. The summed E-state index contributed by atoms with van der Waals surface area (Å²) < 4.78 is 42.7. The summed E-state index contributed by atoms with van der Waals surface area (Å²) in [6.45, 7) is 7.66. The van der Waals surface area contributed by atoms with Crippen LogP contribution in [0, 0.1) is 6.92 Å². The number of carbonyl (C=O) groups excluding carboxylic acids is 1. The summed E-state index contributed by atoms with van der Waals surface area (Å²) in [5.41, 5.74) is 6.00. The van der Waals surface area contributed by atoms with Gasteiger partial charge in [0.25, 0.3) is 0 Å². The third kappa shape index (κ3) is 5.10. The summed E-state index contributed by atoms with van der Waals surface area (Å²) in [5.74, 6) is -0.406. The van der Waals surface area contributed by atoms with Crippen molar-refractivity contribution in [3.8, 4) is 0 Å². The van der Waals surface area contributed by atoms with Gasteiger partial charge in [-0.1, -0.05) is 19.6 Å². The van der Waals surface area contributed by atoms with Crippen LogP contribution in [0.3, 0.4) is 0 Å². The van der Waals surface area contributed by atoms with Gasteiger partial charge in [0.1, 0.15) is 0 Å². The molecule has 0 aliphatic carbocycles. The Hall–Kier alpha value is -3.22. The molecular weight excluding hydrogens is 405 g/mol. The van der Waals surface area contributed by atoms with E-state index in [1.165, 1.54) is 7.11 Å². The number of allylic oxidation sites excluding steroid dienone is 5. The van der Waals surface area contributed by atoms with Gasteiger partial charge in [0.2, 0.25) is 0 Å². The smallest absolute Gasteiger partial charge is 0.390 e. The Balaban J connectivity index is 1.95. The Morgan fingerprint density at radius 2 is 1.90 bits per heavy atom. The minimum absolute atomic E-state index is 0.212. The molecule has 0 aromatic heterocycles. The maximum atomic E-state index is 12.6. The van der Waals surface area contributed by atoms with E-state index >= 15 is 0 Å². The van der Waals surface area contributed by atoms with Crippen molar-refractivity contribution in [2.24, 2.45) is 0 Å². The van der Waals surface area contributed by atoms with Gasteiger partial charge in [-0.05, 0) is 66.0 Å². The number of rotatable bonds is 6. The number of aryl methyl sites for hydroxylation is 1. The van der Waals surface area contributed by atoms with E-state index in [2.05, 4.69) is 11.9 Å². The van der Waals surface area contributed by atoms with Gasteiger partial charge >= 0.3 is 12.1 Å². The first-order valence-corrected chi connectivity index (χ1v) is 9.97. The second-order valence-corrected chi connectivity index (χ2v) is 7.43. The number of halogens is 3. The molecule has 0 saturated carbocycles. The van der Waals surface area contributed by atoms with E-state index in [0.29, 0.717) is 11.3 Å². The van der Waals surface area contributed by atoms with Crippen LogP contribution in [0.1, 0.15) is 41.3 Å². The number of hydrogen-bond acceptors (Lipinski definition) is 4. The Morgan fingerprint density at radius 1 is 1.19 bits per heavy atom. The summed E-state index contributed by atoms with van der Waals surface area (Å²) in [5, 5.41) is 2.94. The van der Waals surface area contributed by atoms with Crippen LogP contribution in [0.4, 0.5) is 13.2 Å². The average molecular weight is 430 g/mol. The topological polar surface area (TPSA) is 41.6 Å². The molecule has 1 aromatic carbocycles. The van der Waals surface area contributed by atoms with Crippen LogP contribution in [0.15, 0.2) is 71.7 Å². The molecule has 2 heterocycles. The highest BCUT2D eigenvalue weighted by molar-refractivity contribution is 5.91. The van der Waals surface area contributed by atoms with Crippen LogP contribution in [0.2, 0.25) is 0 Å². The minimum Gasteiger partial charge on any atom is -0.465 e. The highest BCUT2D eigenvalue weighted by atomic mass is 19.4. The zero-order chi connectivity index (χ0) is 22.8. The van der Waals surface area contributed by atoms with Crippen LogP contribution in [-0.2, 0) is 4.74 Å². The Bertz CT molecular complexity index is 1030. The number of hydrogen-bond donors (Lipinski definition) is 1. The van der Waals surface area contributed by atoms with E-state index in [1.54, 1.807) is 6.07 Å². The molecule has 1 N–H and O–H groups in total. The average Bonchev–Trinajstić information content (AvgIpc) is 2.71. The van der Waals surface area contributed by atoms with Crippen LogP contribution < -0.4 is 5.32 Å². The predicted molar refractivity (Wildman–Crippen MR) is 115 cm³/mol. The number of carbonyl (C=O) groups is 1. The van der Waals surface area contributed by atoms with Crippen molar-refractivity contribution in [1.29, 1.82) is 0 Å². The lowest BCUT2D eigenvalue weighted by molar-refractivity contribution is -0.133. The highest BCUT2D eigenvalue weighted by Crippen LogP contribution is 2.37. The Morgan fingerprint density at radius 3 is 2.52 bits per heavy atom. The zero-order valence-electron chi connectivity index (χ0n) is 17.8. The van der Waals surface area contributed by atoms with Crippen LogP contribution in [0.5, 0.6) is 0 Å². The van der Waals surface area contributed by atoms with Gasteiger partial charge in [0.15, 0.2) is 0 Å². The van der Waals surface area contributed by atoms with Crippen molar-refractivity contribution in [2.45, 2.75) is 32.9 Å². The first kappa shape index (κ1) is 22.5. The summed E-state index contributed by atoms with van der Waals surface area (Å²) >= 11 is 0. The van der Waals surface area contributed by atoms with Crippen molar-refractivity contribution < 1.29 is 22.7 Å². The number of fused-ring (bicyclic) bond motifs is 1. The first-order valence-electron chi connectivity index (χ1n) is 9.97. The molecule has 0 radical (unpaired) electrons. The van der Waals surface area contributed by atoms with E-state index in [-0.39, 0.29) is 6.54 Å². The van der Waals surface area contributed by atoms with E-state index in [9.17, 15) is 18.0 Å². The monoisotopic (exact) mass is 430 g/mol. The molecule has 1 aromatic rings. The molecule has 2 aliphatic heterocycles. The number of alkyl halides is 3. The summed E-state index contributed by atoms with van der Waals surface area (Å²) in [6, 6.07) is 5.43. The van der Waals surface area contributed by atoms with E-state index in [4.69, 9.17) is 4.74 Å². The Labute approximate surface area is 180 Å². The summed E-state index contributed by atoms with van der Waals surface area (Å²) in [7, 11) is 1.34. The van der Waals surface area contributed by atoms with Gasteiger partial charge < -0.3 is 15.0 Å². The molecule has 0 unspecified atom stereocenters. The van der Waals surface area contributed by atoms with E-state index < -0.39 is 18.6 Å². The minimum atomic E-state index is -4.22. The number of methoxy groups -OCH3 is 1. The molecule has 0 saturated heterocycles. The van der Waals surface area contributed by atoms with Crippen LogP contribution in [-0.4, -0.2) is 30.7 Å². The standard InChI is InChI=1S/C24H25F3N2O2/c1-5-17-13-20(28-9-8-24(25,26)27)22-11-15(2)10-21(29(22)14-17)18-6-7-19(16(3)12-18)23(30)31-4/h6-7,10-14,28H,2,5,8-9H2,1,3-4H3. The largest absolute Gasteiger partial charge is 0.465 e. The maximum absolute atomic E-state index is 12.6. The molecule has 0 bridgehead atoms. The van der Waals surface area contributed by atoms with Crippen molar-refractivity contribution >= 4 is 11.7 Å². The second-order valence-electron chi connectivity index (χ2n) is 7.43. The van der Waals surface area contributed by atoms with Gasteiger partial charge in [-0.3, -0.25) is 0 Å². The van der Waals surface area contributed by atoms with Gasteiger partial charge in [-0.25, -0.2) is 4.79 Å². The molecular formula is C24H25F3N2O2. The number of benzene rings is 1. The molecule has 3 rings (SSSR count). The number of esters is 1. The molecule has 164 valence electrons. The fourth-order valence-corrected chi connectivity index (χ4v) is 3.53. The molecule has 0 atom stereocenters. The highest BCUT2D eigenvalue weighted by Gasteiger charge is 2.29. The maximum Gasteiger partial charge on any atom is 0.390 e. The third-order valence-corrected chi connectivity index (χ3v) is 5.12. The molecule has 31 heavy (non-hydrogen) atoms. The second kappa shape index (κ2) is 8.88. The Kier molecular flexibility index (Phi) is 6.43. The lowest BCUT2D eigenvalue weighted by Gasteiger charge is -2.35. The normalized spacial score (nSPS) is 16.1. The zero-order valence-corrected chi connectivity index (χ0v) is 17.8. The first-order chi connectivity index (χ1) is 14.6. The van der Waals surface area contributed by atoms with Gasteiger partial charge in [-0.2, -0.15) is 13.2 Å². The van der Waals surface area contributed by atoms with Crippen molar-refractivity contribution in [3.63, 3.8) is 0 Å². The lowest BCUT2D eigenvalue weighted by Crippen LogP contribution is -2.30. The van der Waals surface area contributed by atoms with Crippen molar-refractivity contribution in [2.75, 3.05) is 13.7 Å². The van der Waals surface area contributed by atoms with E-state index in [1.807, 2.05) is 55.3 Å². The predicted octanol–water partition coefficient (Wildman–Crippen LogP) is 5.61. The number of nitrogens with one attached hydrogen (secondary N) is 1. The number of nitrogens with zero attached hydrogens (tertiary/aromatic N) is 1. The molecule has 2 aliphatic rings. The van der Waals surface area contributed by atoms with Crippen LogP contribution >= 0.6 is 0 Å². The summed E-state index contributed by atoms with van der Waals surface area (Å²) in [4.78, 5) is 13.9. The SMILES string of the molecule is C=C1C=C2C(NCCC(F)(F)F)=CC(CC)=CN2C(c2ccc(C(=O)OC)c(C)c2)=C1. The van der Waals surface area contributed by atoms with Crippen molar-refractivity contribution in [3.05, 3.63) is 88.4 Å².